The first-order valence-corrected chi connectivity index (χ1v) is 4.61. The number of nitrogens with one attached hydrogen (secondary N) is 1. The van der Waals surface area contributed by atoms with Gasteiger partial charge >= 0.3 is 0 Å². The van der Waals surface area contributed by atoms with Crippen molar-refractivity contribution >= 4 is 5.82 Å². The van der Waals surface area contributed by atoms with Crippen molar-refractivity contribution in [2.75, 3.05) is 11.9 Å². The summed E-state index contributed by atoms with van der Waals surface area (Å²) in [6, 6.07) is 5.54. The average molecular weight is 189 g/mol. The minimum absolute atomic E-state index is 0.213. The highest BCUT2D eigenvalue weighted by Crippen LogP contribution is 2.14. The molecule has 0 aliphatic rings. The van der Waals surface area contributed by atoms with Crippen LogP contribution in [0.4, 0.5) is 5.82 Å². The van der Waals surface area contributed by atoms with Crippen LogP contribution < -0.4 is 5.32 Å². The molecule has 1 heterocycles. The molecule has 0 radical (unpaired) electrons. The van der Waals surface area contributed by atoms with Crippen LogP contribution in [-0.2, 0) is 0 Å². The van der Waals surface area contributed by atoms with Crippen LogP contribution in [0.5, 0.6) is 0 Å². The molecule has 3 nitrogen and oxygen atoms in total. The molecule has 0 aromatic carbocycles. The number of nitriles is 1. The molecule has 0 bridgehead atoms. The van der Waals surface area contributed by atoms with Gasteiger partial charge in [0.1, 0.15) is 5.82 Å². The molecule has 74 valence electrons. The van der Waals surface area contributed by atoms with E-state index in [4.69, 9.17) is 5.26 Å². The van der Waals surface area contributed by atoms with E-state index in [0.29, 0.717) is 5.56 Å². The van der Waals surface area contributed by atoms with Gasteiger partial charge in [0.05, 0.1) is 11.6 Å². The number of aromatic nitrogens is 1. The Morgan fingerprint density at radius 3 is 2.79 bits per heavy atom. The Labute approximate surface area is 84.8 Å². The van der Waals surface area contributed by atoms with Gasteiger partial charge in [-0.1, -0.05) is 20.8 Å². The predicted molar refractivity (Wildman–Crippen MR) is 56.9 cm³/mol. The van der Waals surface area contributed by atoms with Gasteiger partial charge in [-0.05, 0) is 17.5 Å². The first kappa shape index (κ1) is 10.5. The lowest BCUT2D eigenvalue weighted by Crippen LogP contribution is -2.19. The Morgan fingerprint density at radius 1 is 1.50 bits per heavy atom. The summed E-state index contributed by atoms with van der Waals surface area (Å²) in [6.07, 6.45) is 1.64. The zero-order chi connectivity index (χ0) is 10.6. The predicted octanol–water partition coefficient (Wildman–Crippen LogP) is 2.41. The third-order valence-electron chi connectivity index (χ3n) is 1.69. The Bertz CT molecular complexity index is 344. The molecule has 1 rings (SSSR count). The number of anilines is 1. The zero-order valence-electron chi connectivity index (χ0n) is 8.83. The monoisotopic (exact) mass is 189 g/mol. The van der Waals surface area contributed by atoms with Gasteiger partial charge in [0, 0.05) is 12.7 Å². The van der Waals surface area contributed by atoms with E-state index in [2.05, 4.69) is 37.1 Å². The maximum atomic E-state index is 8.68. The summed E-state index contributed by atoms with van der Waals surface area (Å²) in [5.41, 5.74) is 0.848. The van der Waals surface area contributed by atoms with Crippen molar-refractivity contribution in [3.63, 3.8) is 0 Å². The van der Waals surface area contributed by atoms with E-state index in [-0.39, 0.29) is 5.41 Å². The third kappa shape index (κ3) is 3.44. The number of nitrogens with zero attached hydrogens (tertiary/aromatic N) is 2. The highest BCUT2D eigenvalue weighted by atomic mass is 15.0. The fourth-order valence-electron chi connectivity index (χ4n) is 0.952. The highest BCUT2D eigenvalue weighted by Gasteiger charge is 2.09. The molecular formula is C11H15N3. The maximum Gasteiger partial charge on any atom is 0.127 e. The van der Waals surface area contributed by atoms with Crippen LogP contribution in [-0.4, -0.2) is 11.5 Å². The van der Waals surface area contributed by atoms with Crippen molar-refractivity contribution in [2.24, 2.45) is 5.41 Å². The minimum Gasteiger partial charge on any atom is -0.370 e. The Balaban J connectivity index is 2.65. The van der Waals surface area contributed by atoms with Crippen molar-refractivity contribution in [1.82, 2.24) is 4.98 Å². The molecule has 1 aromatic heterocycles. The molecule has 14 heavy (non-hydrogen) atoms. The highest BCUT2D eigenvalue weighted by molar-refractivity contribution is 5.42. The second kappa shape index (κ2) is 4.10. The van der Waals surface area contributed by atoms with Gasteiger partial charge in [-0.15, -0.1) is 0 Å². The second-order valence-corrected chi connectivity index (χ2v) is 4.46. The summed E-state index contributed by atoms with van der Waals surface area (Å²) in [6.45, 7) is 7.28. The zero-order valence-corrected chi connectivity index (χ0v) is 8.83. The molecule has 0 unspecified atom stereocenters. The van der Waals surface area contributed by atoms with E-state index < -0.39 is 0 Å². The van der Waals surface area contributed by atoms with Gasteiger partial charge in [-0.25, -0.2) is 4.98 Å². The molecule has 0 aliphatic heterocycles. The molecule has 1 aromatic rings. The number of hydrogen-bond donors (Lipinski definition) is 1. The van der Waals surface area contributed by atoms with E-state index in [0.717, 1.165) is 12.4 Å². The summed E-state index contributed by atoms with van der Waals surface area (Å²) in [4.78, 5) is 4.13. The number of hydrogen-bond acceptors (Lipinski definition) is 3. The summed E-state index contributed by atoms with van der Waals surface area (Å²) < 4.78 is 0. The maximum absolute atomic E-state index is 8.68. The molecule has 0 fully saturated rings. The lowest BCUT2D eigenvalue weighted by molar-refractivity contribution is 0.442. The third-order valence-corrected chi connectivity index (χ3v) is 1.69. The molecule has 0 spiro atoms. The van der Waals surface area contributed by atoms with Crippen molar-refractivity contribution < 1.29 is 0 Å². The number of rotatable bonds is 2. The van der Waals surface area contributed by atoms with Crippen molar-refractivity contribution in [3.05, 3.63) is 23.9 Å². The van der Waals surface area contributed by atoms with Gasteiger partial charge < -0.3 is 5.32 Å². The summed E-state index contributed by atoms with van der Waals surface area (Å²) >= 11 is 0. The van der Waals surface area contributed by atoms with E-state index in [1.807, 2.05) is 0 Å². The lowest BCUT2D eigenvalue weighted by atomic mass is 9.97. The topological polar surface area (TPSA) is 48.7 Å². The SMILES string of the molecule is CC(C)(C)CNc1cc(C#N)ccn1. The van der Waals surface area contributed by atoms with Crippen molar-refractivity contribution in [3.8, 4) is 6.07 Å². The standard InChI is InChI=1S/C11H15N3/c1-11(2,3)8-14-10-6-9(7-12)4-5-13-10/h4-6H,8H2,1-3H3,(H,13,14). The first-order chi connectivity index (χ1) is 6.51. The summed E-state index contributed by atoms with van der Waals surface area (Å²) in [5.74, 6) is 0.763. The first-order valence-electron chi connectivity index (χ1n) is 4.61. The van der Waals surface area contributed by atoms with Gasteiger partial charge in [-0.2, -0.15) is 5.26 Å². The van der Waals surface area contributed by atoms with Crippen LogP contribution in [0.3, 0.4) is 0 Å². The average Bonchev–Trinajstić information content (AvgIpc) is 2.14. The van der Waals surface area contributed by atoms with E-state index in [1.54, 1.807) is 18.3 Å². The molecule has 3 heteroatoms. The van der Waals surface area contributed by atoms with Crippen molar-refractivity contribution in [1.29, 1.82) is 5.26 Å². The fraction of sp³-hybridized carbons (Fsp3) is 0.455. The molecule has 0 atom stereocenters. The molecule has 0 saturated carbocycles. The Hall–Kier alpha value is -1.56. The fourth-order valence-corrected chi connectivity index (χ4v) is 0.952. The van der Waals surface area contributed by atoms with Gasteiger partial charge in [0.2, 0.25) is 0 Å². The van der Waals surface area contributed by atoms with Crippen LogP contribution in [0.2, 0.25) is 0 Å². The Morgan fingerprint density at radius 2 is 2.21 bits per heavy atom. The van der Waals surface area contributed by atoms with E-state index >= 15 is 0 Å². The van der Waals surface area contributed by atoms with Gasteiger partial charge in [0.15, 0.2) is 0 Å². The quantitative estimate of drug-likeness (QED) is 0.777. The molecule has 0 saturated heterocycles. The van der Waals surface area contributed by atoms with Crippen LogP contribution in [0.15, 0.2) is 18.3 Å². The van der Waals surface area contributed by atoms with Crippen LogP contribution in [0, 0.1) is 16.7 Å². The van der Waals surface area contributed by atoms with Gasteiger partial charge in [-0.3, -0.25) is 0 Å². The van der Waals surface area contributed by atoms with Crippen LogP contribution >= 0.6 is 0 Å². The van der Waals surface area contributed by atoms with E-state index in [1.165, 1.54) is 0 Å². The largest absolute Gasteiger partial charge is 0.370 e. The van der Waals surface area contributed by atoms with Crippen LogP contribution in [0.1, 0.15) is 26.3 Å². The summed E-state index contributed by atoms with van der Waals surface area (Å²) in [7, 11) is 0. The molecule has 0 aliphatic carbocycles. The number of pyridine rings is 1. The van der Waals surface area contributed by atoms with Gasteiger partial charge in [0.25, 0.3) is 0 Å². The smallest absolute Gasteiger partial charge is 0.127 e. The lowest BCUT2D eigenvalue weighted by Gasteiger charge is -2.18. The molecule has 0 amide bonds. The van der Waals surface area contributed by atoms with E-state index in [9.17, 15) is 0 Å². The Kier molecular flexibility index (Phi) is 3.08. The van der Waals surface area contributed by atoms with Crippen LogP contribution in [0.25, 0.3) is 0 Å². The summed E-state index contributed by atoms with van der Waals surface area (Å²) in [5, 5.41) is 11.9. The molecule has 1 N–H and O–H groups in total. The minimum atomic E-state index is 0.213. The molecular weight excluding hydrogens is 174 g/mol. The normalized spacial score (nSPS) is 10.7. The second-order valence-electron chi connectivity index (χ2n) is 4.46. The van der Waals surface area contributed by atoms with Crippen molar-refractivity contribution in [2.45, 2.75) is 20.8 Å².